The van der Waals surface area contributed by atoms with Gasteiger partial charge in [-0.3, -0.25) is 9.59 Å². The van der Waals surface area contributed by atoms with Crippen LogP contribution in [0.1, 0.15) is 33.1 Å². The SMILES string of the molecule is CC(C)(C)OC(=O)C[C@@H](Cc1ncco1)C(=O)O. The molecule has 0 aliphatic carbocycles. The van der Waals surface area contributed by atoms with E-state index >= 15 is 0 Å². The Morgan fingerprint density at radius 1 is 1.50 bits per heavy atom. The van der Waals surface area contributed by atoms with Crippen molar-refractivity contribution in [1.29, 1.82) is 0 Å². The van der Waals surface area contributed by atoms with Crippen LogP contribution in [0.5, 0.6) is 0 Å². The number of carboxylic acids is 1. The average molecular weight is 255 g/mol. The molecule has 1 rings (SSSR count). The van der Waals surface area contributed by atoms with E-state index in [2.05, 4.69) is 4.98 Å². The molecule has 0 aromatic carbocycles. The number of carboxylic acid groups (broad SMARTS) is 1. The van der Waals surface area contributed by atoms with Crippen LogP contribution >= 0.6 is 0 Å². The zero-order valence-corrected chi connectivity index (χ0v) is 10.7. The molecule has 1 aromatic rings. The lowest BCUT2D eigenvalue weighted by Gasteiger charge is -2.20. The molecule has 0 bridgehead atoms. The van der Waals surface area contributed by atoms with Crippen molar-refractivity contribution in [2.24, 2.45) is 5.92 Å². The van der Waals surface area contributed by atoms with Gasteiger partial charge in [-0.2, -0.15) is 0 Å². The number of carbonyl (C=O) groups is 2. The highest BCUT2D eigenvalue weighted by atomic mass is 16.6. The third-order valence-electron chi connectivity index (χ3n) is 2.09. The molecule has 0 fully saturated rings. The van der Waals surface area contributed by atoms with Crippen molar-refractivity contribution in [3.05, 3.63) is 18.4 Å². The molecule has 0 unspecified atom stereocenters. The second-order valence-corrected chi connectivity index (χ2v) is 4.96. The van der Waals surface area contributed by atoms with Crippen molar-refractivity contribution in [1.82, 2.24) is 4.98 Å². The molecule has 6 heteroatoms. The molecule has 0 saturated carbocycles. The standard InChI is InChI=1S/C12H17NO5/c1-12(2,3)18-10(14)7-8(11(15)16)6-9-13-4-5-17-9/h4-5,8H,6-7H2,1-3H3,(H,15,16)/t8-/m1/s1. The van der Waals surface area contributed by atoms with Gasteiger partial charge >= 0.3 is 11.9 Å². The summed E-state index contributed by atoms with van der Waals surface area (Å²) in [4.78, 5) is 26.5. The van der Waals surface area contributed by atoms with E-state index in [0.717, 1.165) is 0 Å². The van der Waals surface area contributed by atoms with Crippen LogP contribution in [-0.4, -0.2) is 27.6 Å². The molecule has 0 radical (unpaired) electrons. The summed E-state index contributed by atoms with van der Waals surface area (Å²) in [7, 11) is 0. The van der Waals surface area contributed by atoms with Gasteiger partial charge in [-0.15, -0.1) is 0 Å². The van der Waals surface area contributed by atoms with Gasteiger partial charge in [0.2, 0.25) is 0 Å². The lowest BCUT2D eigenvalue weighted by molar-refractivity contribution is -0.159. The molecular formula is C12H17NO5. The summed E-state index contributed by atoms with van der Waals surface area (Å²) in [6, 6.07) is 0. The Morgan fingerprint density at radius 3 is 2.61 bits per heavy atom. The van der Waals surface area contributed by atoms with Gasteiger partial charge in [-0.1, -0.05) is 0 Å². The van der Waals surface area contributed by atoms with Crippen LogP contribution in [0.25, 0.3) is 0 Å². The smallest absolute Gasteiger partial charge is 0.307 e. The maximum atomic E-state index is 11.6. The Kier molecular flexibility index (Phi) is 4.47. The van der Waals surface area contributed by atoms with E-state index in [1.54, 1.807) is 20.8 Å². The van der Waals surface area contributed by atoms with Crippen LogP contribution in [-0.2, 0) is 20.7 Å². The van der Waals surface area contributed by atoms with E-state index in [4.69, 9.17) is 14.3 Å². The number of nitrogens with zero attached hydrogens (tertiary/aromatic N) is 1. The van der Waals surface area contributed by atoms with E-state index in [1.807, 2.05) is 0 Å². The number of hydrogen-bond donors (Lipinski definition) is 1. The summed E-state index contributed by atoms with van der Waals surface area (Å²) in [6.07, 6.45) is 2.67. The maximum Gasteiger partial charge on any atom is 0.307 e. The number of aliphatic carboxylic acids is 1. The third-order valence-corrected chi connectivity index (χ3v) is 2.09. The minimum Gasteiger partial charge on any atom is -0.481 e. The topological polar surface area (TPSA) is 89.6 Å². The van der Waals surface area contributed by atoms with Crippen LogP contribution in [0.3, 0.4) is 0 Å². The molecule has 1 atom stereocenters. The fourth-order valence-electron chi connectivity index (χ4n) is 1.40. The second kappa shape index (κ2) is 5.66. The van der Waals surface area contributed by atoms with Crippen LogP contribution in [0.4, 0.5) is 0 Å². The summed E-state index contributed by atoms with van der Waals surface area (Å²) < 4.78 is 10.1. The summed E-state index contributed by atoms with van der Waals surface area (Å²) in [5.41, 5.74) is -0.622. The third kappa shape index (κ3) is 4.99. The van der Waals surface area contributed by atoms with Gasteiger partial charge in [0.05, 0.1) is 18.5 Å². The predicted octanol–water partition coefficient (Wildman–Crippen LogP) is 1.65. The van der Waals surface area contributed by atoms with Gasteiger partial charge in [0.15, 0.2) is 5.89 Å². The monoisotopic (exact) mass is 255 g/mol. The average Bonchev–Trinajstić information content (AvgIpc) is 2.66. The molecule has 1 aromatic heterocycles. The fraction of sp³-hybridized carbons (Fsp3) is 0.583. The van der Waals surface area contributed by atoms with Gasteiger partial charge in [0, 0.05) is 6.42 Å². The van der Waals surface area contributed by atoms with E-state index in [1.165, 1.54) is 12.5 Å². The highest BCUT2D eigenvalue weighted by Gasteiger charge is 2.26. The van der Waals surface area contributed by atoms with Crippen LogP contribution in [0.2, 0.25) is 0 Å². The van der Waals surface area contributed by atoms with Crippen LogP contribution in [0.15, 0.2) is 16.9 Å². The molecule has 1 N–H and O–H groups in total. The lowest BCUT2D eigenvalue weighted by Crippen LogP contribution is -2.28. The molecule has 1 heterocycles. The van der Waals surface area contributed by atoms with Crippen LogP contribution < -0.4 is 0 Å². The first-order valence-electron chi connectivity index (χ1n) is 5.61. The van der Waals surface area contributed by atoms with E-state index in [0.29, 0.717) is 5.89 Å². The van der Waals surface area contributed by atoms with Crippen LogP contribution in [0, 0.1) is 5.92 Å². The Hall–Kier alpha value is -1.85. The molecule has 0 saturated heterocycles. The van der Waals surface area contributed by atoms with E-state index in [-0.39, 0.29) is 12.8 Å². The molecule has 18 heavy (non-hydrogen) atoms. The Morgan fingerprint density at radius 2 is 2.17 bits per heavy atom. The number of ether oxygens (including phenoxy) is 1. The zero-order valence-electron chi connectivity index (χ0n) is 10.7. The lowest BCUT2D eigenvalue weighted by atomic mass is 10.0. The first-order chi connectivity index (χ1) is 8.28. The largest absolute Gasteiger partial charge is 0.481 e. The molecule has 0 aliphatic rings. The van der Waals surface area contributed by atoms with Gasteiger partial charge in [-0.05, 0) is 20.8 Å². The second-order valence-electron chi connectivity index (χ2n) is 4.96. The molecular weight excluding hydrogens is 238 g/mol. The van der Waals surface area contributed by atoms with Gasteiger partial charge in [0.1, 0.15) is 11.9 Å². The van der Waals surface area contributed by atoms with Crippen molar-refractivity contribution in [3.63, 3.8) is 0 Å². The maximum absolute atomic E-state index is 11.6. The van der Waals surface area contributed by atoms with Crippen molar-refractivity contribution < 1.29 is 23.8 Å². The minimum atomic E-state index is -1.07. The quantitative estimate of drug-likeness (QED) is 0.804. The number of oxazole rings is 1. The van der Waals surface area contributed by atoms with Crippen molar-refractivity contribution >= 4 is 11.9 Å². The molecule has 0 amide bonds. The zero-order chi connectivity index (χ0) is 13.8. The Labute approximate surface area is 105 Å². The molecule has 0 spiro atoms. The number of aromatic nitrogens is 1. The summed E-state index contributed by atoms with van der Waals surface area (Å²) in [5, 5.41) is 9.04. The summed E-state index contributed by atoms with van der Waals surface area (Å²) in [6.45, 7) is 5.19. The van der Waals surface area contributed by atoms with Crippen molar-refractivity contribution in [2.75, 3.05) is 0 Å². The Bertz CT molecular complexity index is 405. The molecule has 100 valence electrons. The van der Waals surface area contributed by atoms with E-state index in [9.17, 15) is 9.59 Å². The number of rotatable bonds is 5. The van der Waals surface area contributed by atoms with Crippen molar-refractivity contribution in [3.8, 4) is 0 Å². The van der Waals surface area contributed by atoms with E-state index < -0.39 is 23.5 Å². The Balaban J connectivity index is 2.58. The highest BCUT2D eigenvalue weighted by molar-refractivity contribution is 5.79. The number of hydrogen-bond acceptors (Lipinski definition) is 5. The number of esters is 1. The van der Waals surface area contributed by atoms with Crippen molar-refractivity contribution in [2.45, 2.75) is 39.2 Å². The molecule has 0 aliphatic heterocycles. The van der Waals surface area contributed by atoms with Gasteiger partial charge in [-0.25, -0.2) is 4.98 Å². The normalized spacial score (nSPS) is 13.1. The first-order valence-corrected chi connectivity index (χ1v) is 5.61. The minimum absolute atomic E-state index is 0.0710. The highest BCUT2D eigenvalue weighted by Crippen LogP contribution is 2.15. The summed E-state index contributed by atoms with van der Waals surface area (Å²) >= 11 is 0. The van der Waals surface area contributed by atoms with Gasteiger partial charge in [0.25, 0.3) is 0 Å². The predicted molar refractivity (Wildman–Crippen MR) is 61.8 cm³/mol. The summed E-state index contributed by atoms with van der Waals surface area (Å²) in [5.74, 6) is -2.20. The first kappa shape index (κ1) is 14.2. The van der Waals surface area contributed by atoms with Gasteiger partial charge < -0.3 is 14.3 Å². The molecule has 6 nitrogen and oxygen atoms in total. The number of carbonyl (C=O) groups excluding carboxylic acids is 1. The fourth-order valence-corrected chi connectivity index (χ4v) is 1.40.